The van der Waals surface area contributed by atoms with E-state index >= 15 is 0 Å². The van der Waals surface area contributed by atoms with E-state index in [1.807, 2.05) is 58.9 Å². The molecular weight excluding hydrogens is 415 g/mol. The largest absolute Gasteiger partial charge is 0.367 e. The average Bonchev–Trinajstić information content (AvgIpc) is 3.17. The molecule has 1 aromatic heterocycles. The summed E-state index contributed by atoms with van der Waals surface area (Å²) in [5, 5.41) is 1.29. The number of carbonyl (C=O) groups is 1. The number of nitrogens with zero attached hydrogens (tertiary/aromatic N) is 2. The van der Waals surface area contributed by atoms with E-state index in [2.05, 4.69) is 4.98 Å². The number of thiazole rings is 1. The highest BCUT2D eigenvalue weighted by atomic mass is 35.5. The molecule has 1 amide bonds. The van der Waals surface area contributed by atoms with E-state index in [0.717, 1.165) is 28.1 Å². The van der Waals surface area contributed by atoms with Gasteiger partial charge in [-0.1, -0.05) is 53.5 Å². The Labute approximate surface area is 177 Å². The van der Waals surface area contributed by atoms with E-state index in [9.17, 15) is 4.79 Å². The maximum Gasteiger partial charge on any atom is 0.249 e. The van der Waals surface area contributed by atoms with E-state index in [-0.39, 0.29) is 18.6 Å². The predicted octanol–water partition coefficient (Wildman–Crippen LogP) is 5.14. The number of halogens is 2. The topological polar surface area (TPSA) is 42.4 Å². The van der Waals surface area contributed by atoms with Gasteiger partial charge in [0, 0.05) is 23.0 Å². The molecule has 0 saturated heterocycles. The van der Waals surface area contributed by atoms with Crippen molar-refractivity contribution in [2.45, 2.75) is 19.1 Å². The highest BCUT2D eigenvalue weighted by Crippen LogP contribution is 2.38. The first-order valence-corrected chi connectivity index (χ1v) is 10.6. The van der Waals surface area contributed by atoms with Crippen molar-refractivity contribution in [2.24, 2.45) is 0 Å². The van der Waals surface area contributed by atoms with Crippen molar-refractivity contribution in [3.63, 3.8) is 0 Å². The van der Waals surface area contributed by atoms with Crippen LogP contribution in [0.4, 0.5) is 0 Å². The minimum absolute atomic E-state index is 0.00355. The van der Waals surface area contributed by atoms with Crippen molar-refractivity contribution in [2.75, 3.05) is 13.2 Å². The lowest BCUT2D eigenvalue weighted by atomic mass is 9.97. The molecule has 0 spiro atoms. The quantitative estimate of drug-likeness (QED) is 0.560. The number of aromatic nitrogens is 1. The van der Waals surface area contributed by atoms with Crippen molar-refractivity contribution in [3.8, 4) is 0 Å². The number of fused-ring (bicyclic) bond motifs is 1. The molecule has 0 bridgehead atoms. The number of carbonyl (C=O) groups excluding carboxylic acids is 1. The summed E-state index contributed by atoms with van der Waals surface area (Å²) in [6.07, 6.45) is 0.742. The van der Waals surface area contributed by atoms with Gasteiger partial charge >= 0.3 is 0 Å². The molecule has 0 radical (unpaired) electrons. The third-order valence-corrected chi connectivity index (χ3v) is 6.28. The summed E-state index contributed by atoms with van der Waals surface area (Å²) in [5.41, 5.74) is 4.74. The minimum atomic E-state index is -0.189. The van der Waals surface area contributed by atoms with E-state index in [4.69, 9.17) is 27.9 Å². The van der Waals surface area contributed by atoms with Crippen molar-refractivity contribution in [3.05, 3.63) is 85.8 Å². The van der Waals surface area contributed by atoms with Crippen molar-refractivity contribution in [1.82, 2.24) is 9.88 Å². The Morgan fingerprint density at radius 2 is 2.07 bits per heavy atom. The molecule has 4 nitrogen and oxygen atoms in total. The van der Waals surface area contributed by atoms with E-state index < -0.39 is 0 Å². The molecule has 0 aliphatic carbocycles. The average molecular weight is 433 g/mol. The van der Waals surface area contributed by atoms with Gasteiger partial charge in [0.25, 0.3) is 0 Å². The van der Waals surface area contributed by atoms with Crippen molar-refractivity contribution >= 4 is 40.4 Å². The molecule has 1 aliphatic rings. The van der Waals surface area contributed by atoms with Crippen LogP contribution in [0.1, 0.15) is 27.7 Å². The van der Waals surface area contributed by atoms with Crippen LogP contribution in [-0.4, -0.2) is 28.9 Å². The normalized spacial score (nSPS) is 16.1. The number of benzene rings is 2. The van der Waals surface area contributed by atoms with Gasteiger partial charge < -0.3 is 9.64 Å². The zero-order valence-corrected chi connectivity index (χ0v) is 17.3. The van der Waals surface area contributed by atoms with Gasteiger partial charge in [-0.3, -0.25) is 4.79 Å². The van der Waals surface area contributed by atoms with Crippen LogP contribution in [0.15, 0.2) is 54.0 Å². The Balaban J connectivity index is 1.52. The SMILES string of the molecule is O=C(COCc1ccccc1Cl)N1CCc2ncsc2C1c1cccc(Cl)c1. The van der Waals surface area contributed by atoms with Gasteiger partial charge in [0.15, 0.2) is 0 Å². The lowest BCUT2D eigenvalue weighted by Crippen LogP contribution is -2.42. The van der Waals surface area contributed by atoms with Gasteiger partial charge in [-0.05, 0) is 29.3 Å². The standard InChI is InChI=1S/C21H18Cl2N2O2S/c22-16-6-3-5-14(10-16)20-21-18(24-13-28-21)8-9-25(20)19(26)12-27-11-15-4-1-2-7-17(15)23/h1-7,10,13,20H,8-9,11-12H2. The summed E-state index contributed by atoms with van der Waals surface area (Å²) in [4.78, 5) is 20.4. The van der Waals surface area contributed by atoms with Crippen LogP contribution in [-0.2, 0) is 22.6 Å². The number of hydrogen-bond donors (Lipinski definition) is 0. The second-order valence-corrected chi connectivity index (χ2v) is 8.27. The van der Waals surface area contributed by atoms with E-state index in [0.29, 0.717) is 23.2 Å². The first-order chi connectivity index (χ1) is 13.6. The minimum Gasteiger partial charge on any atom is -0.367 e. The number of rotatable bonds is 5. The Morgan fingerprint density at radius 3 is 2.89 bits per heavy atom. The maximum atomic E-state index is 13.0. The fraction of sp³-hybridized carbons (Fsp3) is 0.238. The molecule has 7 heteroatoms. The van der Waals surface area contributed by atoms with Crippen LogP contribution in [0.2, 0.25) is 10.0 Å². The fourth-order valence-corrected chi connectivity index (χ4v) is 4.77. The molecule has 1 atom stereocenters. The highest BCUT2D eigenvalue weighted by Gasteiger charge is 2.33. The molecule has 28 heavy (non-hydrogen) atoms. The van der Waals surface area contributed by atoms with Gasteiger partial charge in [-0.25, -0.2) is 4.98 Å². The zero-order chi connectivity index (χ0) is 19.5. The van der Waals surface area contributed by atoms with Crippen LogP contribution in [0.25, 0.3) is 0 Å². The van der Waals surface area contributed by atoms with E-state index in [1.165, 1.54) is 0 Å². The molecule has 0 saturated carbocycles. The Bertz CT molecular complexity index is 992. The van der Waals surface area contributed by atoms with Crippen LogP contribution in [0.5, 0.6) is 0 Å². The predicted molar refractivity (Wildman–Crippen MR) is 112 cm³/mol. The van der Waals surface area contributed by atoms with Gasteiger partial charge in [0.05, 0.1) is 28.7 Å². The van der Waals surface area contributed by atoms with Gasteiger partial charge in [-0.15, -0.1) is 11.3 Å². The Hall–Kier alpha value is -1.92. The molecule has 1 aliphatic heterocycles. The number of amides is 1. The smallest absolute Gasteiger partial charge is 0.249 e. The summed E-state index contributed by atoms with van der Waals surface area (Å²) in [5.74, 6) is -0.0592. The lowest BCUT2D eigenvalue weighted by molar-refractivity contribution is -0.138. The number of ether oxygens (including phenoxy) is 1. The second-order valence-electron chi connectivity index (χ2n) is 6.54. The van der Waals surface area contributed by atoms with Crippen molar-refractivity contribution in [1.29, 1.82) is 0 Å². The molecular formula is C21H18Cl2N2O2S. The van der Waals surface area contributed by atoms with Crippen LogP contribution in [0, 0.1) is 0 Å². The Kier molecular flexibility index (Phi) is 5.97. The summed E-state index contributed by atoms with van der Waals surface area (Å²) in [6, 6.07) is 14.9. The molecule has 2 aromatic carbocycles. The molecule has 2 heterocycles. The van der Waals surface area contributed by atoms with Crippen LogP contribution in [0.3, 0.4) is 0 Å². The first kappa shape index (κ1) is 19.4. The van der Waals surface area contributed by atoms with E-state index in [1.54, 1.807) is 11.3 Å². The van der Waals surface area contributed by atoms with Crippen LogP contribution < -0.4 is 0 Å². The fourth-order valence-electron chi connectivity index (χ4n) is 3.41. The third kappa shape index (κ3) is 4.08. The lowest BCUT2D eigenvalue weighted by Gasteiger charge is -2.35. The maximum absolute atomic E-state index is 13.0. The summed E-state index contributed by atoms with van der Waals surface area (Å²) >= 11 is 13.9. The zero-order valence-electron chi connectivity index (χ0n) is 15.0. The van der Waals surface area contributed by atoms with Crippen LogP contribution >= 0.6 is 34.5 Å². The molecule has 3 aromatic rings. The molecule has 144 valence electrons. The van der Waals surface area contributed by atoms with Gasteiger partial charge in [0.2, 0.25) is 5.91 Å². The highest BCUT2D eigenvalue weighted by molar-refractivity contribution is 7.09. The summed E-state index contributed by atoms with van der Waals surface area (Å²) < 4.78 is 5.68. The Morgan fingerprint density at radius 1 is 1.21 bits per heavy atom. The van der Waals surface area contributed by atoms with Gasteiger partial charge in [-0.2, -0.15) is 0 Å². The monoisotopic (exact) mass is 432 g/mol. The van der Waals surface area contributed by atoms with Gasteiger partial charge in [0.1, 0.15) is 6.61 Å². The summed E-state index contributed by atoms with van der Waals surface area (Å²) in [7, 11) is 0. The third-order valence-electron chi connectivity index (χ3n) is 4.75. The second kappa shape index (κ2) is 8.62. The summed E-state index contributed by atoms with van der Waals surface area (Å²) in [6.45, 7) is 0.894. The molecule has 0 N–H and O–H groups in total. The molecule has 4 rings (SSSR count). The first-order valence-electron chi connectivity index (χ1n) is 8.92. The molecule has 0 fully saturated rings. The van der Waals surface area contributed by atoms with Crippen molar-refractivity contribution < 1.29 is 9.53 Å². The number of hydrogen-bond acceptors (Lipinski definition) is 4. The molecule has 1 unspecified atom stereocenters.